The second kappa shape index (κ2) is 8.22. The van der Waals surface area contributed by atoms with Crippen molar-refractivity contribution in [2.45, 2.75) is 30.5 Å². The van der Waals surface area contributed by atoms with E-state index in [2.05, 4.69) is 4.98 Å². The third-order valence-electron chi connectivity index (χ3n) is 6.45. The Morgan fingerprint density at radius 2 is 2.06 bits per heavy atom. The second-order valence-corrected chi connectivity index (χ2v) is 10.1. The molecule has 5 rings (SSSR count). The summed E-state index contributed by atoms with van der Waals surface area (Å²) in [7, 11) is 0. The number of amides is 1. The number of non-ortho nitro benzene ring substituents is 1. The lowest BCUT2D eigenvalue weighted by molar-refractivity contribution is -0.384. The molecule has 4 atom stereocenters. The van der Waals surface area contributed by atoms with E-state index in [9.17, 15) is 29.9 Å². The van der Waals surface area contributed by atoms with Gasteiger partial charge in [-0.15, -0.1) is 23.1 Å². The highest BCUT2D eigenvalue weighted by atomic mass is 32.2. The minimum absolute atomic E-state index is 0.0370. The van der Waals surface area contributed by atoms with Crippen LogP contribution in [0.1, 0.15) is 17.4 Å². The lowest BCUT2D eigenvalue weighted by atomic mass is 9.74. The number of hydrogen-bond acceptors (Lipinski definition) is 8. The van der Waals surface area contributed by atoms with Gasteiger partial charge in [0.05, 0.1) is 39.1 Å². The molecule has 176 valence electrons. The van der Waals surface area contributed by atoms with E-state index < -0.39 is 40.8 Å². The molecule has 0 saturated carbocycles. The van der Waals surface area contributed by atoms with Crippen LogP contribution in [0.15, 0.2) is 47.5 Å². The minimum atomic E-state index is -1.20. The van der Waals surface area contributed by atoms with Crippen molar-refractivity contribution in [1.82, 2.24) is 14.3 Å². The third-order valence-corrected chi connectivity index (χ3v) is 8.50. The van der Waals surface area contributed by atoms with Crippen LogP contribution in [0.5, 0.6) is 0 Å². The van der Waals surface area contributed by atoms with Gasteiger partial charge in [-0.1, -0.05) is 12.1 Å². The molecular formula is C22H20N4O6S2. The van der Waals surface area contributed by atoms with E-state index in [1.54, 1.807) is 24.7 Å². The molecule has 1 amide bonds. The number of carbonyl (C=O) groups excluding carboxylic acids is 1. The standard InChI is InChI=1S/C22H20N4O6S2/c1-10(27)15-17-13(7-11-3-5-12(6-4-11)26(31)32)16(18(22(29)30)25(17)20(15)28)19-21(33-2)24-9-23-8-14(24)34-19/h3-6,8-10,13,15,17,27H,7H2,1-2H3,(H,29,30)/t10-,13?,15-,17-/m1/s1. The van der Waals surface area contributed by atoms with Crippen LogP contribution in [0, 0.1) is 22.0 Å². The second-order valence-electron chi connectivity index (χ2n) is 8.31. The summed E-state index contributed by atoms with van der Waals surface area (Å²) >= 11 is 2.87. The number of benzene rings is 1. The summed E-state index contributed by atoms with van der Waals surface area (Å²) in [5.74, 6) is -2.74. The predicted octanol–water partition coefficient (Wildman–Crippen LogP) is 2.90. The largest absolute Gasteiger partial charge is 0.477 e. The number of nitro groups is 1. The molecule has 2 aliphatic heterocycles. The van der Waals surface area contributed by atoms with Crippen LogP contribution in [0.2, 0.25) is 0 Å². The number of aliphatic hydroxyl groups excluding tert-OH is 1. The summed E-state index contributed by atoms with van der Waals surface area (Å²) in [5.41, 5.74) is 1.22. The monoisotopic (exact) mass is 500 g/mol. The Hall–Kier alpha value is -3.22. The lowest BCUT2D eigenvalue weighted by Crippen LogP contribution is -2.64. The number of nitrogens with zero attached hydrogens (tertiary/aromatic N) is 4. The Bertz CT molecular complexity index is 1360. The molecule has 4 heterocycles. The summed E-state index contributed by atoms with van der Waals surface area (Å²) in [6, 6.07) is 5.61. The average molecular weight is 501 g/mol. The molecule has 0 bridgehead atoms. The Labute approximate surface area is 201 Å². The molecule has 2 aromatic heterocycles. The van der Waals surface area contributed by atoms with Gasteiger partial charge in [0.1, 0.15) is 16.9 Å². The third kappa shape index (κ3) is 3.24. The highest BCUT2D eigenvalue weighted by Crippen LogP contribution is 2.54. The Morgan fingerprint density at radius 1 is 1.35 bits per heavy atom. The lowest BCUT2D eigenvalue weighted by Gasteiger charge is -2.47. The van der Waals surface area contributed by atoms with Gasteiger partial charge in [-0.05, 0) is 25.2 Å². The molecule has 1 unspecified atom stereocenters. The fraction of sp³-hybridized carbons (Fsp3) is 0.318. The van der Waals surface area contributed by atoms with Crippen LogP contribution in [0.25, 0.3) is 10.4 Å². The average Bonchev–Trinajstić information content (AvgIpc) is 3.43. The molecular weight excluding hydrogens is 480 g/mol. The van der Waals surface area contributed by atoms with Gasteiger partial charge in [-0.3, -0.25) is 19.3 Å². The maximum atomic E-state index is 12.9. The molecule has 1 aromatic carbocycles. The fourth-order valence-electron chi connectivity index (χ4n) is 5.04. The van der Waals surface area contributed by atoms with E-state index >= 15 is 0 Å². The predicted molar refractivity (Wildman–Crippen MR) is 126 cm³/mol. The van der Waals surface area contributed by atoms with Crippen LogP contribution in [0.4, 0.5) is 5.69 Å². The van der Waals surface area contributed by atoms with Crippen LogP contribution < -0.4 is 0 Å². The first kappa shape index (κ1) is 22.6. The quantitative estimate of drug-likeness (QED) is 0.219. The highest BCUT2D eigenvalue weighted by molar-refractivity contribution is 7.98. The number of aliphatic carboxylic acids is 1. The van der Waals surface area contributed by atoms with Crippen molar-refractivity contribution < 1.29 is 24.7 Å². The van der Waals surface area contributed by atoms with E-state index in [0.29, 0.717) is 12.0 Å². The van der Waals surface area contributed by atoms with E-state index in [4.69, 9.17) is 0 Å². The number of fused-ring (bicyclic) bond motifs is 2. The fourth-order valence-corrected chi connectivity index (χ4v) is 7.22. The number of β-lactam (4-membered cyclic amide) rings is 1. The van der Waals surface area contributed by atoms with Gasteiger partial charge in [0.25, 0.3) is 5.69 Å². The van der Waals surface area contributed by atoms with Crippen molar-refractivity contribution in [3.8, 4) is 0 Å². The molecule has 3 aromatic rings. The van der Waals surface area contributed by atoms with Gasteiger partial charge in [0, 0.05) is 23.6 Å². The number of aromatic nitrogens is 2. The summed E-state index contributed by atoms with van der Waals surface area (Å²) in [5, 5.41) is 32.4. The number of imidazole rings is 1. The van der Waals surface area contributed by atoms with Gasteiger partial charge in [-0.2, -0.15) is 0 Å². The first-order chi connectivity index (χ1) is 16.2. The van der Waals surface area contributed by atoms with Crippen LogP contribution in [-0.2, 0) is 16.0 Å². The number of aliphatic hydroxyl groups is 1. The van der Waals surface area contributed by atoms with E-state index in [-0.39, 0.29) is 11.4 Å². The van der Waals surface area contributed by atoms with Crippen molar-refractivity contribution in [3.05, 3.63) is 63.0 Å². The molecule has 12 heteroatoms. The zero-order valence-corrected chi connectivity index (χ0v) is 19.7. The van der Waals surface area contributed by atoms with E-state index in [1.807, 2.05) is 10.7 Å². The van der Waals surface area contributed by atoms with Crippen molar-refractivity contribution in [3.63, 3.8) is 0 Å². The van der Waals surface area contributed by atoms with Crippen molar-refractivity contribution in [1.29, 1.82) is 0 Å². The smallest absolute Gasteiger partial charge is 0.352 e. The van der Waals surface area contributed by atoms with Crippen molar-refractivity contribution in [2.75, 3.05) is 6.26 Å². The maximum Gasteiger partial charge on any atom is 0.352 e. The molecule has 0 aliphatic carbocycles. The molecule has 10 nitrogen and oxygen atoms in total. The number of rotatable bonds is 7. The molecule has 0 radical (unpaired) electrons. The molecule has 2 aliphatic rings. The molecule has 0 spiro atoms. The normalized spacial score (nSPS) is 22.7. The van der Waals surface area contributed by atoms with E-state index in [1.165, 1.54) is 47.1 Å². The number of carbonyl (C=O) groups is 2. The summed E-state index contributed by atoms with van der Waals surface area (Å²) in [6.07, 6.45) is 4.69. The minimum Gasteiger partial charge on any atom is -0.477 e. The molecule has 2 N–H and O–H groups in total. The summed E-state index contributed by atoms with van der Waals surface area (Å²) in [4.78, 5) is 43.1. The van der Waals surface area contributed by atoms with Gasteiger partial charge in [0.15, 0.2) is 0 Å². The Morgan fingerprint density at radius 3 is 2.65 bits per heavy atom. The first-order valence-corrected chi connectivity index (χ1v) is 12.5. The highest BCUT2D eigenvalue weighted by Gasteiger charge is 2.61. The molecule has 34 heavy (non-hydrogen) atoms. The number of carboxylic acid groups (broad SMARTS) is 1. The SMILES string of the molecule is CSc1c(C2=C(C(=O)O)N3C(=O)[C@H]([C@@H](C)O)[C@H]3C2Cc2ccc([N+](=O)[O-])cc2)sc2cncn12. The van der Waals surface area contributed by atoms with Gasteiger partial charge < -0.3 is 15.1 Å². The van der Waals surface area contributed by atoms with Gasteiger partial charge in [-0.25, -0.2) is 9.78 Å². The Kier molecular flexibility index (Phi) is 5.46. The number of carboxylic acids is 1. The summed E-state index contributed by atoms with van der Waals surface area (Å²) < 4.78 is 1.89. The van der Waals surface area contributed by atoms with Gasteiger partial charge >= 0.3 is 5.97 Å². The molecule has 1 fully saturated rings. The maximum absolute atomic E-state index is 12.9. The van der Waals surface area contributed by atoms with Crippen LogP contribution in [-0.4, -0.2) is 59.7 Å². The summed E-state index contributed by atoms with van der Waals surface area (Å²) in [6.45, 7) is 1.54. The zero-order chi connectivity index (χ0) is 24.3. The van der Waals surface area contributed by atoms with Crippen LogP contribution in [0.3, 0.4) is 0 Å². The zero-order valence-electron chi connectivity index (χ0n) is 18.1. The first-order valence-electron chi connectivity index (χ1n) is 10.5. The van der Waals surface area contributed by atoms with Crippen molar-refractivity contribution in [2.24, 2.45) is 11.8 Å². The van der Waals surface area contributed by atoms with Crippen molar-refractivity contribution >= 4 is 51.1 Å². The van der Waals surface area contributed by atoms with Crippen LogP contribution >= 0.6 is 23.1 Å². The molecule has 1 saturated heterocycles. The number of thiazole rings is 1. The topological polar surface area (TPSA) is 138 Å². The number of nitro benzene ring substituents is 1. The number of thioether (sulfide) groups is 1. The number of hydrogen-bond donors (Lipinski definition) is 2. The van der Waals surface area contributed by atoms with E-state index in [0.717, 1.165) is 20.3 Å². The van der Waals surface area contributed by atoms with Gasteiger partial charge in [0.2, 0.25) is 5.91 Å². The Balaban J connectivity index is 1.67.